The smallest absolute Gasteiger partial charge is 0.251 e. The topological polar surface area (TPSA) is 78.0 Å². The van der Waals surface area contributed by atoms with Crippen LogP contribution < -0.4 is 5.56 Å². The minimum atomic E-state index is -0.422. The zero-order valence-electron chi connectivity index (χ0n) is 23.4. The highest BCUT2D eigenvalue weighted by atomic mass is 35.5. The molecule has 0 radical (unpaired) electrons. The van der Waals surface area contributed by atoms with Crippen LogP contribution in [0.2, 0.25) is 5.02 Å². The Kier molecular flexibility index (Phi) is 5.40. The number of fused-ring (bicyclic) bond motifs is 4. The lowest BCUT2D eigenvalue weighted by Crippen LogP contribution is -2.29. The molecule has 0 saturated heterocycles. The SMILES string of the molecule is C=C1Cc2ccc(C3=C(F)N=C(C4C5CC5c5cc(-c6cc(Cl)ccc6-n6cnnn6)cc(=O)n54)C3)cc2CC1C1CC1. The van der Waals surface area contributed by atoms with Gasteiger partial charge in [0.1, 0.15) is 6.33 Å². The van der Waals surface area contributed by atoms with Gasteiger partial charge < -0.3 is 4.57 Å². The van der Waals surface area contributed by atoms with Crippen LogP contribution in [0, 0.1) is 17.8 Å². The Morgan fingerprint density at radius 1 is 0.977 bits per heavy atom. The molecule has 0 spiro atoms. The molecule has 9 heteroatoms. The highest BCUT2D eigenvalue weighted by molar-refractivity contribution is 6.31. The molecule has 4 heterocycles. The fraction of sp³-hybridized carbons (Fsp3) is 0.324. The lowest BCUT2D eigenvalue weighted by molar-refractivity contribution is 0.507. The summed E-state index contributed by atoms with van der Waals surface area (Å²) >= 11 is 6.37. The Morgan fingerprint density at radius 2 is 1.86 bits per heavy atom. The third-order valence-corrected chi connectivity index (χ3v) is 10.4. The van der Waals surface area contributed by atoms with Crippen molar-refractivity contribution in [3.8, 4) is 16.8 Å². The minimum absolute atomic E-state index is 0.121. The van der Waals surface area contributed by atoms with Gasteiger partial charge in [-0.1, -0.05) is 42.0 Å². The van der Waals surface area contributed by atoms with E-state index >= 15 is 4.39 Å². The number of allylic oxidation sites excluding steroid dienone is 2. The number of pyridine rings is 1. The van der Waals surface area contributed by atoms with E-state index in [1.54, 1.807) is 16.8 Å². The van der Waals surface area contributed by atoms with Gasteiger partial charge in [0.15, 0.2) is 0 Å². The lowest BCUT2D eigenvalue weighted by Gasteiger charge is -2.27. The molecule has 5 aliphatic rings. The summed E-state index contributed by atoms with van der Waals surface area (Å²) in [7, 11) is 0. The fourth-order valence-electron chi connectivity index (χ4n) is 7.85. The van der Waals surface area contributed by atoms with Gasteiger partial charge in [-0.15, -0.1) is 5.10 Å². The summed E-state index contributed by atoms with van der Waals surface area (Å²) in [5, 5.41) is 12.1. The maximum atomic E-state index is 15.6. The van der Waals surface area contributed by atoms with Crippen molar-refractivity contribution in [1.82, 2.24) is 24.8 Å². The molecule has 2 aromatic carbocycles. The summed E-state index contributed by atoms with van der Waals surface area (Å²) in [5.41, 5.74) is 9.35. The van der Waals surface area contributed by atoms with Crippen molar-refractivity contribution in [2.75, 3.05) is 0 Å². The van der Waals surface area contributed by atoms with Crippen molar-refractivity contribution in [2.45, 2.75) is 50.5 Å². The third-order valence-electron chi connectivity index (χ3n) is 10.2. The molecule has 0 N–H and O–H groups in total. The molecule has 9 rings (SSSR count). The monoisotopic (exact) mass is 590 g/mol. The van der Waals surface area contributed by atoms with Gasteiger partial charge in [-0.25, -0.2) is 4.99 Å². The molecule has 4 unspecified atom stereocenters. The van der Waals surface area contributed by atoms with Crippen molar-refractivity contribution < 1.29 is 4.39 Å². The summed E-state index contributed by atoms with van der Waals surface area (Å²) < 4.78 is 19.0. The molecule has 43 heavy (non-hydrogen) atoms. The molecule has 2 saturated carbocycles. The Morgan fingerprint density at radius 3 is 2.67 bits per heavy atom. The van der Waals surface area contributed by atoms with Crippen molar-refractivity contribution in [3.63, 3.8) is 0 Å². The van der Waals surface area contributed by atoms with Gasteiger partial charge in [0.05, 0.1) is 11.7 Å². The van der Waals surface area contributed by atoms with Crippen LogP contribution >= 0.6 is 11.6 Å². The number of aromatic nitrogens is 5. The number of benzene rings is 2. The number of rotatable bonds is 5. The predicted molar refractivity (Wildman–Crippen MR) is 163 cm³/mol. The van der Waals surface area contributed by atoms with Gasteiger partial charge in [-0.2, -0.15) is 9.07 Å². The van der Waals surface area contributed by atoms with Gasteiger partial charge in [0.25, 0.3) is 5.56 Å². The van der Waals surface area contributed by atoms with Crippen LogP contribution in [-0.2, 0) is 12.8 Å². The number of hydrogen-bond acceptors (Lipinski definition) is 5. The van der Waals surface area contributed by atoms with E-state index in [2.05, 4.69) is 45.3 Å². The molecule has 3 aliphatic carbocycles. The molecule has 0 bridgehead atoms. The summed E-state index contributed by atoms with van der Waals surface area (Å²) in [4.78, 5) is 18.2. The standard InChI is InChI=1S/C34H28ClFN6O/c1-17-8-19-4-5-20(9-21(19)10-24(17)18-2-3-18)26-15-29(38-34(26)36)33-28-14-27(28)31-11-22(12-32(43)42(31)33)25-13-23(35)6-7-30(25)41-16-37-39-40-41/h4-7,9,11-13,16,18,24,27-28,33H,1-3,8,10,14-15H2. The Hall–Kier alpha value is -4.17. The van der Waals surface area contributed by atoms with Crippen LogP contribution in [0.5, 0.6) is 0 Å². The van der Waals surface area contributed by atoms with E-state index in [0.717, 1.165) is 59.0 Å². The van der Waals surface area contributed by atoms with Gasteiger partial charge in [0, 0.05) is 46.0 Å². The molecule has 214 valence electrons. The van der Waals surface area contributed by atoms with Crippen molar-refractivity contribution in [1.29, 1.82) is 0 Å². The zero-order chi connectivity index (χ0) is 29.0. The molecule has 2 fully saturated rings. The first-order valence-electron chi connectivity index (χ1n) is 15.0. The first-order valence-corrected chi connectivity index (χ1v) is 15.4. The van der Waals surface area contributed by atoms with E-state index in [0.29, 0.717) is 22.9 Å². The van der Waals surface area contributed by atoms with Crippen LogP contribution in [0.25, 0.3) is 22.4 Å². The van der Waals surface area contributed by atoms with Gasteiger partial charge in [0.2, 0.25) is 5.95 Å². The number of hydrogen-bond donors (Lipinski definition) is 0. The molecular formula is C34H28ClFN6O. The van der Waals surface area contributed by atoms with E-state index in [1.807, 2.05) is 22.8 Å². The normalized spacial score (nSPS) is 25.4. The van der Waals surface area contributed by atoms with Crippen molar-refractivity contribution in [2.24, 2.45) is 22.7 Å². The number of nitrogens with zero attached hydrogens (tertiary/aromatic N) is 6. The number of halogens is 2. The van der Waals surface area contributed by atoms with Crippen LogP contribution in [-0.4, -0.2) is 30.5 Å². The van der Waals surface area contributed by atoms with Crippen LogP contribution in [0.3, 0.4) is 0 Å². The molecule has 4 aromatic rings. The summed E-state index contributed by atoms with van der Waals surface area (Å²) in [5.74, 6) is 1.39. The van der Waals surface area contributed by atoms with E-state index in [1.165, 1.54) is 35.9 Å². The second kappa shape index (κ2) is 9.16. The van der Waals surface area contributed by atoms with Crippen LogP contribution in [0.1, 0.15) is 60.0 Å². The minimum Gasteiger partial charge on any atom is -0.303 e. The second-order valence-corrected chi connectivity index (χ2v) is 13.2. The number of tetrazole rings is 1. The zero-order valence-corrected chi connectivity index (χ0v) is 24.1. The van der Waals surface area contributed by atoms with Crippen LogP contribution in [0.15, 0.2) is 82.7 Å². The lowest BCUT2D eigenvalue weighted by atomic mass is 9.77. The quantitative estimate of drug-likeness (QED) is 0.192. The average molecular weight is 591 g/mol. The maximum Gasteiger partial charge on any atom is 0.251 e. The van der Waals surface area contributed by atoms with Gasteiger partial charge >= 0.3 is 0 Å². The maximum absolute atomic E-state index is 15.6. The first-order chi connectivity index (χ1) is 20.9. The summed E-state index contributed by atoms with van der Waals surface area (Å²) in [6.45, 7) is 4.37. The average Bonchev–Trinajstić information content (AvgIpc) is 3.86. The largest absolute Gasteiger partial charge is 0.303 e. The highest BCUT2D eigenvalue weighted by Crippen LogP contribution is 2.60. The predicted octanol–water partition coefficient (Wildman–Crippen LogP) is 6.67. The molecule has 0 amide bonds. The molecule has 7 nitrogen and oxygen atoms in total. The summed E-state index contributed by atoms with van der Waals surface area (Å²) in [6.07, 6.45) is 7.39. The van der Waals surface area contributed by atoms with Crippen LogP contribution in [0.4, 0.5) is 4.39 Å². The Bertz CT molecular complexity index is 1990. The molecule has 4 atom stereocenters. The Labute approximate surface area is 252 Å². The fourth-order valence-corrected chi connectivity index (χ4v) is 8.02. The molecule has 2 aromatic heterocycles. The van der Waals surface area contributed by atoms with Crippen molar-refractivity contribution in [3.05, 3.63) is 111 Å². The van der Waals surface area contributed by atoms with Crippen molar-refractivity contribution >= 4 is 22.9 Å². The first kappa shape index (κ1) is 25.3. The highest BCUT2D eigenvalue weighted by Gasteiger charge is 2.55. The van der Waals surface area contributed by atoms with E-state index in [9.17, 15) is 4.79 Å². The third kappa shape index (κ3) is 4.03. The second-order valence-electron chi connectivity index (χ2n) is 12.8. The summed E-state index contributed by atoms with van der Waals surface area (Å²) in [6, 6.07) is 15.3. The van der Waals surface area contributed by atoms with Gasteiger partial charge in [-0.05, 0) is 107 Å². The van der Waals surface area contributed by atoms with E-state index < -0.39 is 5.95 Å². The van der Waals surface area contributed by atoms with E-state index in [-0.39, 0.29) is 23.4 Å². The van der Waals surface area contributed by atoms with E-state index in [4.69, 9.17) is 11.6 Å². The number of aliphatic imine (C=N–C) groups is 1. The Balaban J connectivity index is 1.03. The molecular weight excluding hydrogens is 563 g/mol. The van der Waals surface area contributed by atoms with Gasteiger partial charge in [-0.3, -0.25) is 4.79 Å². The molecule has 2 aliphatic heterocycles.